The maximum Gasteiger partial charge on any atom is 0.242 e. The highest BCUT2D eigenvalue weighted by Crippen LogP contribution is 2.25. The summed E-state index contributed by atoms with van der Waals surface area (Å²) in [6, 6.07) is 7.27. The van der Waals surface area contributed by atoms with Gasteiger partial charge in [-0.1, -0.05) is 30.7 Å². The average molecular weight is 227 g/mol. The number of nitrogens with one attached hydrogen (secondary N) is 1. The minimum Gasteiger partial charge on any atom is -0.370 e. The lowest BCUT2D eigenvalue weighted by atomic mass is 9.97. The van der Waals surface area contributed by atoms with Crippen LogP contribution < -0.4 is 11.1 Å². The Kier molecular flexibility index (Phi) is 3.58. The summed E-state index contributed by atoms with van der Waals surface area (Å²) in [4.78, 5) is 11.3. The van der Waals surface area contributed by atoms with Gasteiger partial charge < -0.3 is 11.1 Å². The van der Waals surface area contributed by atoms with Gasteiger partial charge in [0.05, 0.1) is 10.7 Å². The van der Waals surface area contributed by atoms with Crippen LogP contribution >= 0.6 is 11.6 Å². The van der Waals surface area contributed by atoms with E-state index in [9.17, 15) is 4.79 Å². The molecule has 3 nitrogen and oxygen atoms in total. The van der Waals surface area contributed by atoms with Gasteiger partial charge in [0, 0.05) is 0 Å². The second kappa shape index (κ2) is 4.53. The van der Waals surface area contributed by atoms with Gasteiger partial charge in [0.25, 0.3) is 0 Å². The van der Waals surface area contributed by atoms with Crippen LogP contribution in [0.4, 0.5) is 5.69 Å². The molecule has 1 unspecified atom stereocenters. The molecule has 0 heterocycles. The second-order valence-electron chi connectivity index (χ2n) is 3.65. The first-order valence-electron chi connectivity index (χ1n) is 4.82. The van der Waals surface area contributed by atoms with Crippen molar-refractivity contribution in [3.8, 4) is 0 Å². The molecular formula is C11H15ClN2O. The van der Waals surface area contributed by atoms with Gasteiger partial charge in [0.15, 0.2) is 0 Å². The predicted molar refractivity (Wildman–Crippen MR) is 63.0 cm³/mol. The molecule has 1 aromatic rings. The van der Waals surface area contributed by atoms with Gasteiger partial charge in [-0.3, -0.25) is 4.79 Å². The Morgan fingerprint density at radius 2 is 2.13 bits per heavy atom. The first kappa shape index (κ1) is 11.9. The molecule has 0 fully saturated rings. The van der Waals surface area contributed by atoms with E-state index < -0.39 is 5.54 Å². The van der Waals surface area contributed by atoms with E-state index in [-0.39, 0.29) is 5.91 Å². The molecule has 0 bridgehead atoms. The Hall–Kier alpha value is -1.22. The van der Waals surface area contributed by atoms with E-state index in [4.69, 9.17) is 17.3 Å². The van der Waals surface area contributed by atoms with E-state index in [0.717, 1.165) is 5.69 Å². The molecule has 82 valence electrons. The third kappa shape index (κ3) is 2.63. The Labute approximate surface area is 94.6 Å². The van der Waals surface area contributed by atoms with Crippen LogP contribution in [0.2, 0.25) is 5.02 Å². The van der Waals surface area contributed by atoms with Crippen LogP contribution in [-0.4, -0.2) is 11.4 Å². The number of carbonyl (C=O) groups is 1. The number of halogens is 1. The van der Waals surface area contributed by atoms with Crippen molar-refractivity contribution in [2.24, 2.45) is 5.73 Å². The largest absolute Gasteiger partial charge is 0.370 e. The molecule has 1 atom stereocenters. The first-order valence-corrected chi connectivity index (χ1v) is 5.20. The number of amides is 1. The minimum absolute atomic E-state index is 0.384. The number of carbonyl (C=O) groups excluding carboxylic acids is 1. The first-order chi connectivity index (χ1) is 6.99. The summed E-state index contributed by atoms with van der Waals surface area (Å²) in [5.41, 5.74) is 5.30. The Bertz CT molecular complexity index is 367. The van der Waals surface area contributed by atoms with Crippen LogP contribution in [-0.2, 0) is 4.79 Å². The lowest BCUT2D eigenvalue weighted by Gasteiger charge is -2.27. The zero-order valence-electron chi connectivity index (χ0n) is 8.88. The highest BCUT2D eigenvalue weighted by Gasteiger charge is 2.28. The lowest BCUT2D eigenvalue weighted by Crippen LogP contribution is -2.47. The third-order valence-electron chi connectivity index (χ3n) is 2.54. The van der Waals surface area contributed by atoms with Gasteiger partial charge in [-0.05, 0) is 25.5 Å². The number of benzene rings is 1. The van der Waals surface area contributed by atoms with E-state index in [1.807, 2.05) is 25.1 Å². The maximum absolute atomic E-state index is 11.3. The molecular weight excluding hydrogens is 212 g/mol. The lowest BCUT2D eigenvalue weighted by molar-refractivity contribution is -0.121. The summed E-state index contributed by atoms with van der Waals surface area (Å²) < 4.78 is 0. The van der Waals surface area contributed by atoms with Gasteiger partial charge >= 0.3 is 0 Å². The van der Waals surface area contributed by atoms with Crippen molar-refractivity contribution in [1.82, 2.24) is 0 Å². The highest BCUT2D eigenvalue weighted by molar-refractivity contribution is 6.33. The number of hydrogen-bond acceptors (Lipinski definition) is 2. The molecule has 0 aliphatic heterocycles. The summed E-state index contributed by atoms with van der Waals surface area (Å²) in [6.07, 6.45) is 0.605. The SMILES string of the molecule is CCC(C)(Nc1ccccc1Cl)C(N)=O. The zero-order valence-corrected chi connectivity index (χ0v) is 9.64. The topological polar surface area (TPSA) is 55.1 Å². The second-order valence-corrected chi connectivity index (χ2v) is 4.06. The fraction of sp³-hybridized carbons (Fsp3) is 0.364. The van der Waals surface area contributed by atoms with E-state index in [1.54, 1.807) is 13.0 Å². The minimum atomic E-state index is -0.759. The summed E-state index contributed by atoms with van der Waals surface area (Å²) >= 11 is 5.98. The van der Waals surface area contributed by atoms with E-state index >= 15 is 0 Å². The molecule has 0 saturated heterocycles. The Morgan fingerprint density at radius 3 is 2.60 bits per heavy atom. The number of hydrogen-bond donors (Lipinski definition) is 2. The summed E-state index contributed by atoms with van der Waals surface area (Å²) in [6.45, 7) is 3.66. The van der Waals surface area contributed by atoms with Gasteiger partial charge in [-0.2, -0.15) is 0 Å². The number of primary amides is 1. The molecule has 0 aromatic heterocycles. The van der Waals surface area contributed by atoms with Crippen molar-refractivity contribution in [3.63, 3.8) is 0 Å². The summed E-state index contributed by atoms with van der Waals surface area (Å²) in [5, 5.41) is 3.65. The summed E-state index contributed by atoms with van der Waals surface area (Å²) in [7, 11) is 0. The molecule has 0 spiro atoms. The molecule has 0 aliphatic carbocycles. The number of para-hydroxylation sites is 1. The Morgan fingerprint density at radius 1 is 1.53 bits per heavy atom. The van der Waals surface area contributed by atoms with Gasteiger partial charge in [0.2, 0.25) is 5.91 Å². The monoisotopic (exact) mass is 226 g/mol. The average Bonchev–Trinajstić information content (AvgIpc) is 2.21. The van der Waals surface area contributed by atoms with Gasteiger partial charge in [-0.15, -0.1) is 0 Å². The molecule has 0 aliphatic rings. The Balaban J connectivity index is 2.94. The van der Waals surface area contributed by atoms with Crippen molar-refractivity contribution in [2.45, 2.75) is 25.8 Å². The van der Waals surface area contributed by atoms with Crippen LogP contribution in [0.25, 0.3) is 0 Å². The van der Waals surface area contributed by atoms with Crippen molar-refractivity contribution in [3.05, 3.63) is 29.3 Å². The molecule has 4 heteroatoms. The van der Waals surface area contributed by atoms with E-state index in [2.05, 4.69) is 5.32 Å². The van der Waals surface area contributed by atoms with Crippen LogP contribution in [0.1, 0.15) is 20.3 Å². The normalized spacial score (nSPS) is 14.3. The quantitative estimate of drug-likeness (QED) is 0.829. The van der Waals surface area contributed by atoms with Crippen LogP contribution in [0.15, 0.2) is 24.3 Å². The predicted octanol–water partition coefficient (Wildman–Crippen LogP) is 2.41. The number of rotatable bonds is 4. The molecule has 3 N–H and O–H groups in total. The molecule has 1 amide bonds. The fourth-order valence-corrected chi connectivity index (χ4v) is 1.37. The smallest absolute Gasteiger partial charge is 0.242 e. The fourth-order valence-electron chi connectivity index (χ4n) is 1.18. The van der Waals surface area contributed by atoms with E-state index in [1.165, 1.54) is 0 Å². The van der Waals surface area contributed by atoms with Crippen LogP contribution in [0, 0.1) is 0 Å². The maximum atomic E-state index is 11.3. The third-order valence-corrected chi connectivity index (χ3v) is 2.86. The van der Waals surface area contributed by atoms with Gasteiger partial charge in [0.1, 0.15) is 5.54 Å². The van der Waals surface area contributed by atoms with Crippen LogP contribution in [0.5, 0.6) is 0 Å². The highest BCUT2D eigenvalue weighted by atomic mass is 35.5. The van der Waals surface area contributed by atoms with Crippen molar-refractivity contribution in [1.29, 1.82) is 0 Å². The van der Waals surface area contributed by atoms with Gasteiger partial charge in [-0.25, -0.2) is 0 Å². The number of nitrogens with two attached hydrogens (primary N) is 1. The number of anilines is 1. The van der Waals surface area contributed by atoms with E-state index in [0.29, 0.717) is 11.4 Å². The standard InChI is InChI=1S/C11H15ClN2O/c1-3-11(2,10(13)15)14-9-7-5-4-6-8(9)12/h4-7,14H,3H2,1-2H3,(H2,13,15). The molecule has 1 rings (SSSR count). The molecule has 0 saturated carbocycles. The van der Waals surface area contributed by atoms with Crippen molar-refractivity contribution >= 4 is 23.2 Å². The molecule has 1 aromatic carbocycles. The summed E-state index contributed by atoms with van der Waals surface area (Å²) in [5.74, 6) is -0.384. The van der Waals surface area contributed by atoms with Crippen LogP contribution in [0.3, 0.4) is 0 Å². The molecule has 15 heavy (non-hydrogen) atoms. The van der Waals surface area contributed by atoms with Crippen molar-refractivity contribution < 1.29 is 4.79 Å². The zero-order chi connectivity index (χ0) is 11.5. The van der Waals surface area contributed by atoms with Crippen molar-refractivity contribution in [2.75, 3.05) is 5.32 Å². The molecule has 0 radical (unpaired) electrons.